The Morgan fingerprint density at radius 3 is 1.02 bits per heavy atom. The second-order valence-electron chi connectivity index (χ2n) is 13.3. The zero-order chi connectivity index (χ0) is 37.6. The molecule has 0 saturated carbocycles. The number of hydrogen-bond donors (Lipinski definition) is 0. The van der Waals surface area contributed by atoms with Crippen molar-refractivity contribution >= 4 is 35.4 Å². The molecule has 2 atom stereocenters. The van der Waals surface area contributed by atoms with Gasteiger partial charge in [-0.3, -0.25) is 38.6 Å². The fraction of sp³-hybridized carbons (Fsp3) is 0.286. The van der Waals surface area contributed by atoms with Crippen molar-refractivity contribution in [1.82, 2.24) is 19.6 Å². The van der Waals surface area contributed by atoms with Gasteiger partial charge in [0.15, 0.2) is 0 Å². The van der Waals surface area contributed by atoms with Crippen molar-refractivity contribution in [1.29, 1.82) is 0 Å². The van der Waals surface area contributed by atoms with Gasteiger partial charge >= 0.3 is 0 Å². The number of nitrogens with zero attached hydrogens (tertiary/aromatic N) is 4. The lowest BCUT2D eigenvalue weighted by Crippen LogP contribution is -2.54. The van der Waals surface area contributed by atoms with Gasteiger partial charge in [0.25, 0.3) is 23.6 Å². The molecule has 0 radical (unpaired) electrons. The number of ether oxygens (including phenoxy) is 2. The van der Waals surface area contributed by atoms with Crippen LogP contribution in [0.2, 0.25) is 0 Å². The standard InChI is InChI=1S/C42H40N4O8/c47-37-31-15-7-8-16-32(31)38(48)45(37)35(27-29-11-3-1-4-12-29)41(51)43-19-23-53-25-21-44(22-26-54-24-20-43)42(52)36(28-30-13-5-2-6-14-30)46-39(49)33-17-9-10-18-34(33)40(46)50/h1-18,35-36H,19-28H2. The number of carbonyl (C=O) groups is 6. The van der Waals surface area contributed by atoms with E-state index in [-0.39, 0.29) is 87.7 Å². The van der Waals surface area contributed by atoms with Gasteiger partial charge in [-0.15, -0.1) is 0 Å². The summed E-state index contributed by atoms with van der Waals surface area (Å²) in [5.74, 6) is -2.85. The summed E-state index contributed by atoms with van der Waals surface area (Å²) >= 11 is 0. The summed E-state index contributed by atoms with van der Waals surface area (Å²) in [6, 6.07) is 29.4. The Labute approximate surface area is 312 Å². The molecule has 0 bridgehead atoms. The average Bonchev–Trinajstić information content (AvgIpc) is 3.60. The molecule has 3 aliphatic rings. The molecule has 4 aromatic carbocycles. The van der Waals surface area contributed by atoms with Crippen molar-refractivity contribution in [3.8, 4) is 0 Å². The van der Waals surface area contributed by atoms with Gasteiger partial charge in [-0.05, 0) is 35.4 Å². The van der Waals surface area contributed by atoms with Crippen LogP contribution in [0, 0.1) is 0 Å². The molecule has 0 aromatic heterocycles. The third kappa shape index (κ3) is 7.43. The summed E-state index contributed by atoms with van der Waals surface area (Å²) in [5.41, 5.74) is 2.66. The van der Waals surface area contributed by atoms with Crippen LogP contribution < -0.4 is 0 Å². The molecule has 1 fully saturated rings. The van der Waals surface area contributed by atoms with Crippen LogP contribution in [-0.4, -0.2) is 120 Å². The second kappa shape index (κ2) is 16.4. The number of fused-ring (bicyclic) bond motifs is 2. The Hall–Kier alpha value is -5.98. The van der Waals surface area contributed by atoms with E-state index in [1.54, 1.807) is 58.3 Å². The highest BCUT2D eigenvalue weighted by molar-refractivity contribution is 6.23. The van der Waals surface area contributed by atoms with Gasteiger partial charge in [-0.2, -0.15) is 0 Å². The molecule has 3 aliphatic heterocycles. The highest BCUT2D eigenvalue weighted by Crippen LogP contribution is 2.28. The molecule has 2 unspecified atom stereocenters. The second-order valence-corrected chi connectivity index (χ2v) is 13.3. The summed E-state index contributed by atoms with van der Waals surface area (Å²) in [6.07, 6.45) is 0.273. The minimum atomic E-state index is -1.09. The van der Waals surface area contributed by atoms with Gasteiger partial charge in [0.05, 0.1) is 48.7 Å². The quantitative estimate of drug-likeness (QED) is 0.252. The fourth-order valence-electron chi connectivity index (χ4n) is 7.22. The summed E-state index contributed by atoms with van der Waals surface area (Å²) in [6.45, 7) is 1.04. The first-order valence-corrected chi connectivity index (χ1v) is 18.1. The van der Waals surface area contributed by atoms with Gasteiger partial charge in [0.1, 0.15) is 12.1 Å². The molecule has 276 valence electrons. The van der Waals surface area contributed by atoms with Crippen LogP contribution in [0.15, 0.2) is 109 Å². The van der Waals surface area contributed by atoms with E-state index in [4.69, 9.17) is 9.47 Å². The normalized spacial score (nSPS) is 17.8. The van der Waals surface area contributed by atoms with E-state index in [9.17, 15) is 28.8 Å². The van der Waals surface area contributed by atoms with E-state index in [1.165, 1.54) is 0 Å². The molecule has 0 N–H and O–H groups in total. The fourth-order valence-corrected chi connectivity index (χ4v) is 7.22. The van der Waals surface area contributed by atoms with Crippen molar-refractivity contribution in [3.05, 3.63) is 143 Å². The van der Waals surface area contributed by atoms with Crippen LogP contribution >= 0.6 is 0 Å². The van der Waals surface area contributed by atoms with Crippen LogP contribution in [-0.2, 0) is 31.9 Å². The summed E-state index contributed by atoms with van der Waals surface area (Å²) in [5, 5.41) is 0. The Kier molecular flexibility index (Phi) is 11.0. The first-order chi connectivity index (χ1) is 26.3. The molecule has 12 heteroatoms. The van der Waals surface area contributed by atoms with Crippen LogP contribution in [0.25, 0.3) is 0 Å². The Bertz CT molecular complexity index is 1830. The van der Waals surface area contributed by atoms with Crippen molar-refractivity contribution in [2.75, 3.05) is 52.6 Å². The van der Waals surface area contributed by atoms with E-state index in [0.717, 1.165) is 20.9 Å². The van der Waals surface area contributed by atoms with E-state index < -0.39 is 47.5 Å². The third-order valence-corrected chi connectivity index (χ3v) is 10.0. The molecule has 3 heterocycles. The molecule has 12 nitrogen and oxygen atoms in total. The highest BCUT2D eigenvalue weighted by atomic mass is 16.5. The molecule has 0 spiro atoms. The molecular formula is C42H40N4O8. The van der Waals surface area contributed by atoms with Crippen LogP contribution in [0.4, 0.5) is 0 Å². The largest absolute Gasteiger partial charge is 0.378 e. The molecular weight excluding hydrogens is 688 g/mol. The number of amides is 6. The Morgan fingerprint density at radius 2 is 0.722 bits per heavy atom. The minimum absolute atomic E-state index is 0.111. The first kappa shape index (κ1) is 36.4. The van der Waals surface area contributed by atoms with E-state index in [1.807, 2.05) is 60.7 Å². The number of rotatable bonds is 8. The maximum absolute atomic E-state index is 14.3. The van der Waals surface area contributed by atoms with Crippen molar-refractivity contribution < 1.29 is 38.2 Å². The van der Waals surface area contributed by atoms with Crippen LogP contribution in [0.5, 0.6) is 0 Å². The predicted octanol–water partition coefficient (Wildman–Crippen LogP) is 3.51. The minimum Gasteiger partial charge on any atom is -0.378 e. The lowest BCUT2D eigenvalue weighted by molar-refractivity contribution is -0.139. The Balaban J connectivity index is 1.05. The third-order valence-electron chi connectivity index (χ3n) is 10.0. The molecule has 1 saturated heterocycles. The zero-order valence-corrected chi connectivity index (χ0v) is 29.7. The maximum Gasteiger partial charge on any atom is 0.262 e. The van der Waals surface area contributed by atoms with Gasteiger partial charge in [0, 0.05) is 39.0 Å². The molecule has 4 aromatic rings. The zero-order valence-electron chi connectivity index (χ0n) is 29.7. The van der Waals surface area contributed by atoms with E-state index in [2.05, 4.69) is 0 Å². The van der Waals surface area contributed by atoms with Gasteiger partial charge in [-0.25, -0.2) is 0 Å². The molecule has 6 amide bonds. The molecule has 54 heavy (non-hydrogen) atoms. The highest BCUT2D eigenvalue weighted by Gasteiger charge is 2.45. The number of hydrogen-bond acceptors (Lipinski definition) is 8. The average molecular weight is 729 g/mol. The number of imide groups is 2. The number of carbonyl (C=O) groups excluding carboxylic acids is 6. The topological polar surface area (TPSA) is 134 Å². The maximum atomic E-state index is 14.3. The first-order valence-electron chi connectivity index (χ1n) is 18.1. The SMILES string of the molecule is O=C(C(Cc1ccccc1)N1C(=O)c2ccccc2C1=O)N1CCOCCN(C(=O)C(Cc2ccccc2)N2C(=O)c3ccccc3C2=O)CCOCC1. The van der Waals surface area contributed by atoms with E-state index in [0.29, 0.717) is 0 Å². The van der Waals surface area contributed by atoms with Gasteiger partial charge in [0.2, 0.25) is 11.8 Å². The molecule has 0 aliphatic carbocycles. The molecule has 7 rings (SSSR count). The van der Waals surface area contributed by atoms with E-state index >= 15 is 0 Å². The van der Waals surface area contributed by atoms with Crippen LogP contribution in [0.3, 0.4) is 0 Å². The monoisotopic (exact) mass is 728 g/mol. The predicted molar refractivity (Wildman–Crippen MR) is 197 cm³/mol. The lowest BCUT2D eigenvalue weighted by atomic mass is 10.0. The van der Waals surface area contributed by atoms with Gasteiger partial charge < -0.3 is 19.3 Å². The number of benzene rings is 4. The van der Waals surface area contributed by atoms with Crippen LogP contribution in [0.1, 0.15) is 52.6 Å². The smallest absolute Gasteiger partial charge is 0.262 e. The van der Waals surface area contributed by atoms with Gasteiger partial charge in [-0.1, -0.05) is 84.9 Å². The summed E-state index contributed by atoms with van der Waals surface area (Å²) in [7, 11) is 0. The van der Waals surface area contributed by atoms with Crippen molar-refractivity contribution in [3.63, 3.8) is 0 Å². The van der Waals surface area contributed by atoms with Crippen molar-refractivity contribution in [2.24, 2.45) is 0 Å². The van der Waals surface area contributed by atoms with Crippen molar-refractivity contribution in [2.45, 2.75) is 24.9 Å². The summed E-state index contributed by atoms with van der Waals surface area (Å²) in [4.78, 5) is 88.2. The lowest BCUT2D eigenvalue weighted by Gasteiger charge is -2.33. The summed E-state index contributed by atoms with van der Waals surface area (Å²) < 4.78 is 12.0. The Morgan fingerprint density at radius 1 is 0.444 bits per heavy atom.